The summed E-state index contributed by atoms with van der Waals surface area (Å²) in [5.41, 5.74) is 0. The molecule has 0 amide bonds. The summed E-state index contributed by atoms with van der Waals surface area (Å²) in [6.45, 7) is 1.26. The maximum Gasteiger partial charge on any atom is 0.140 e. The predicted octanol–water partition coefficient (Wildman–Crippen LogP) is 1.80. The number of carbonyl (C=O) groups excluding carboxylic acids is 1. The summed E-state index contributed by atoms with van der Waals surface area (Å²) in [7, 11) is 1.77. The van der Waals surface area contributed by atoms with Crippen LogP contribution in [-0.2, 0) is 14.3 Å². The molecule has 0 aromatic heterocycles. The molecule has 0 spiro atoms. The van der Waals surface area contributed by atoms with Crippen LogP contribution in [-0.4, -0.2) is 32.2 Å². The molecule has 3 heteroatoms. The Morgan fingerprint density at radius 3 is 3.00 bits per heavy atom. The van der Waals surface area contributed by atoms with Crippen LogP contribution in [0, 0.1) is 11.8 Å². The fourth-order valence-corrected chi connectivity index (χ4v) is 2.82. The Morgan fingerprint density at radius 2 is 2.27 bits per heavy atom. The van der Waals surface area contributed by atoms with Crippen molar-refractivity contribution in [2.45, 2.75) is 38.2 Å². The molecule has 2 aliphatic rings. The van der Waals surface area contributed by atoms with Gasteiger partial charge in [-0.3, -0.25) is 4.79 Å². The summed E-state index contributed by atoms with van der Waals surface area (Å²) in [6.07, 6.45) is 5.51. The largest absolute Gasteiger partial charge is 0.381 e. The van der Waals surface area contributed by atoms with Crippen molar-refractivity contribution in [2.24, 2.45) is 11.8 Å². The molecule has 3 atom stereocenters. The summed E-state index contributed by atoms with van der Waals surface area (Å²) < 4.78 is 10.8. The van der Waals surface area contributed by atoms with E-state index in [1.807, 2.05) is 0 Å². The molecule has 1 aliphatic heterocycles. The van der Waals surface area contributed by atoms with Crippen molar-refractivity contribution in [1.82, 2.24) is 0 Å². The fourth-order valence-electron chi connectivity index (χ4n) is 2.82. The predicted molar refractivity (Wildman–Crippen MR) is 56.7 cm³/mol. The first-order valence-corrected chi connectivity index (χ1v) is 5.94. The van der Waals surface area contributed by atoms with Crippen LogP contribution in [0.4, 0.5) is 0 Å². The zero-order valence-electron chi connectivity index (χ0n) is 9.41. The third-order valence-electron chi connectivity index (χ3n) is 3.77. The van der Waals surface area contributed by atoms with Crippen LogP contribution in [0.1, 0.15) is 32.1 Å². The maximum absolute atomic E-state index is 11.8. The Morgan fingerprint density at radius 1 is 1.40 bits per heavy atom. The second kappa shape index (κ2) is 5.08. The van der Waals surface area contributed by atoms with Gasteiger partial charge in [-0.25, -0.2) is 0 Å². The van der Waals surface area contributed by atoms with E-state index in [-0.39, 0.29) is 5.92 Å². The third kappa shape index (κ3) is 2.58. The van der Waals surface area contributed by atoms with Crippen molar-refractivity contribution >= 4 is 5.78 Å². The van der Waals surface area contributed by atoms with Gasteiger partial charge in [0.1, 0.15) is 5.78 Å². The fraction of sp³-hybridized carbons (Fsp3) is 0.917. The summed E-state index contributed by atoms with van der Waals surface area (Å²) in [5.74, 6) is 1.05. The lowest BCUT2D eigenvalue weighted by atomic mass is 9.76. The highest BCUT2D eigenvalue weighted by molar-refractivity contribution is 5.82. The van der Waals surface area contributed by atoms with Crippen LogP contribution < -0.4 is 0 Å². The molecular formula is C12H20O3. The Balaban J connectivity index is 1.93. The number of ketones is 1. The molecule has 1 saturated heterocycles. The Hall–Kier alpha value is -0.410. The topological polar surface area (TPSA) is 35.5 Å². The third-order valence-corrected chi connectivity index (χ3v) is 3.77. The normalized spacial score (nSPS) is 37.9. The van der Waals surface area contributed by atoms with E-state index in [0.717, 1.165) is 12.8 Å². The number of carbonyl (C=O) groups is 1. The van der Waals surface area contributed by atoms with Gasteiger partial charge in [-0.1, -0.05) is 6.42 Å². The van der Waals surface area contributed by atoms with Crippen molar-refractivity contribution in [2.75, 3.05) is 20.3 Å². The molecular weight excluding hydrogens is 192 g/mol. The van der Waals surface area contributed by atoms with Gasteiger partial charge in [0, 0.05) is 19.4 Å². The van der Waals surface area contributed by atoms with E-state index >= 15 is 0 Å². The molecule has 1 saturated carbocycles. The van der Waals surface area contributed by atoms with Crippen LogP contribution >= 0.6 is 0 Å². The van der Waals surface area contributed by atoms with E-state index in [1.165, 1.54) is 12.8 Å². The van der Waals surface area contributed by atoms with Crippen LogP contribution in [0.2, 0.25) is 0 Å². The summed E-state index contributed by atoms with van der Waals surface area (Å²) in [6, 6.07) is 0. The minimum absolute atomic E-state index is 0.150. The second-order valence-electron chi connectivity index (χ2n) is 4.68. The van der Waals surface area contributed by atoms with E-state index < -0.39 is 0 Å². The summed E-state index contributed by atoms with van der Waals surface area (Å²) >= 11 is 0. The number of methoxy groups -OCH3 is 1. The lowest BCUT2D eigenvalue weighted by Gasteiger charge is -2.34. The lowest BCUT2D eigenvalue weighted by molar-refractivity contribution is -0.134. The zero-order chi connectivity index (χ0) is 10.7. The molecule has 86 valence electrons. The Bertz CT molecular complexity index is 227. The summed E-state index contributed by atoms with van der Waals surface area (Å²) in [4.78, 5) is 11.8. The molecule has 0 N–H and O–H groups in total. The van der Waals surface area contributed by atoms with Gasteiger partial charge in [0.15, 0.2) is 0 Å². The van der Waals surface area contributed by atoms with E-state index in [9.17, 15) is 4.79 Å². The van der Waals surface area contributed by atoms with E-state index in [0.29, 0.717) is 37.4 Å². The van der Waals surface area contributed by atoms with Crippen LogP contribution in [0.5, 0.6) is 0 Å². The van der Waals surface area contributed by atoms with E-state index in [2.05, 4.69) is 0 Å². The van der Waals surface area contributed by atoms with Crippen molar-refractivity contribution in [3.05, 3.63) is 0 Å². The molecule has 3 unspecified atom stereocenters. The van der Waals surface area contributed by atoms with E-state index in [4.69, 9.17) is 9.47 Å². The average molecular weight is 212 g/mol. The molecule has 0 radical (unpaired) electrons. The molecule has 0 aromatic rings. The number of Topliss-reactive ketones (excluding diaryl/α,β-unsaturated/α-hetero) is 1. The first kappa shape index (κ1) is 11.1. The highest BCUT2D eigenvalue weighted by Gasteiger charge is 2.34. The molecule has 2 fully saturated rings. The van der Waals surface area contributed by atoms with Crippen LogP contribution in [0.3, 0.4) is 0 Å². The van der Waals surface area contributed by atoms with E-state index in [1.54, 1.807) is 7.11 Å². The molecule has 0 bridgehead atoms. The Labute approximate surface area is 91.1 Å². The minimum atomic E-state index is 0.150. The van der Waals surface area contributed by atoms with Crippen molar-refractivity contribution < 1.29 is 14.3 Å². The number of hydrogen-bond donors (Lipinski definition) is 0. The van der Waals surface area contributed by atoms with Crippen molar-refractivity contribution in [3.63, 3.8) is 0 Å². The first-order valence-electron chi connectivity index (χ1n) is 5.94. The highest BCUT2D eigenvalue weighted by Crippen LogP contribution is 2.33. The van der Waals surface area contributed by atoms with Gasteiger partial charge in [-0.05, 0) is 25.2 Å². The molecule has 1 aliphatic carbocycles. The van der Waals surface area contributed by atoms with Gasteiger partial charge >= 0.3 is 0 Å². The Kier molecular flexibility index (Phi) is 3.76. The molecule has 0 aromatic carbocycles. The molecule has 15 heavy (non-hydrogen) atoms. The number of rotatable bonds is 2. The minimum Gasteiger partial charge on any atom is -0.381 e. The van der Waals surface area contributed by atoms with Crippen molar-refractivity contribution in [1.29, 1.82) is 0 Å². The summed E-state index contributed by atoms with van der Waals surface area (Å²) in [5, 5.41) is 0. The standard InChI is InChI=1S/C12H20O3/c1-14-10-4-2-3-9(7-10)11-8-15-6-5-12(11)13/h9-11H,2-8H2,1H3. The van der Waals surface area contributed by atoms with Crippen LogP contribution in [0.15, 0.2) is 0 Å². The monoisotopic (exact) mass is 212 g/mol. The first-order chi connectivity index (χ1) is 7.31. The molecule has 3 nitrogen and oxygen atoms in total. The molecule has 2 rings (SSSR count). The lowest BCUT2D eigenvalue weighted by Crippen LogP contribution is -2.37. The van der Waals surface area contributed by atoms with Crippen molar-refractivity contribution in [3.8, 4) is 0 Å². The van der Waals surface area contributed by atoms with Crippen LogP contribution in [0.25, 0.3) is 0 Å². The van der Waals surface area contributed by atoms with Gasteiger partial charge in [0.25, 0.3) is 0 Å². The zero-order valence-corrected chi connectivity index (χ0v) is 9.41. The second-order valence-corrected chi connectivity index (χ2v) is 4.68. The number of hydrogen-bond acceptors (Lipinski definition) is 3. The average Bonchev–Trinajstić information content (AvgIpc) is 2.30. The smallest absolute Gasteiger partial charge is 0.140 e. The number of ether oxygens (including phenoxy) is 2. The maximum atomic E-state index is 11.8. The highest BCUT2D eigenvalue weighted by atomic mass is 16.5. The SMILES string of the molecule is COC1CCCC(C2COCCC2=O)C1. The quantitative estimate of drug-likeness (QED) is 0.700. The van der Waals surface area contributed by atoms with Gasteiger partial charge in [-0.15, -0.1) is 0 Å². The van der Waals surface area contributed by atoms with Gasteiger partial charge in [-0.2, -0.15) is 0 Å². The van der Waals surface area contributed by atoms with Gasteiger partial charge in [0.05, 0.1) is 19.3 Å². The molecule has 1 heterocycles. The van der Waals surface area contributed by atoms with Gasteiger partial charge in [0.2, 0.25) is 0 Å². The van der Waals surface area contributed by atoms with Gasteiger partial charge < -0.3 is 9.47 Å².